The zero-order valence-electron chi connectivity index (χ0n) is 18.5. The Morgan fingerprint density at radius 3 is 2.27 bits per heavy atom. The first kappa shape index (κ1) is 21.9. The number of allylic oxidation sites excluding steroid dienone is 2. The fourth-order valence-electron chi connectivity index (χ4n) is 3.41. The summed E-state index contributed by atoms with van der Waals surface area (Å²) in [6.07, 6.45) is 3.17. The molecule has 30 heavy (non-hydrogen) atoms. The van der Waals surface area contributed by atoms with E-state index in [9.17, 15) is 0 Å². The second kappa shape index (κ2) is 10.3. The fourth-order valence-corrected chi connectivity index (χ4v) is 3.41. The van der Waals surface area contributed by atoms with Gasteiger partial charge in [0.1, 0.15) is 11.5 Å². The largest absolute Gasteiger partial charge is 0.457 e. The lowest BCUT2D eigenvalue weighted by molar-refractivity contribution is 0.0747. The van der Waals surface area contributed by atoms with Crippen LogP contribution in [-0.2, 0) is 16.8 Å². The molecule has 2 nitrogen and oxygen atoms in total. The van der Waals surface area contributed by atoms with E-state index < -0.39 is 0 Å². The highest BCUT2D eigenvalue weighted by Gasteiger charge is 2.25. The number of rotatable bonds is 9. The van der Waals surface area contributed by atoms with E-state index in [-0.39, 0.29) is 5.41 Å². The number of para-hydroxylation sites is 1. The maximum atomic E-state index is 6.17. The second-order valence-electron chi connectivity index (χ2n) is 8.02. The first-order valence-corrected chi connectivity index (χ1v) is 10.7. The van der Waals surface area contributed by atoms with Gasteiger partial charge in [0.25, 0.3) is 0 Å². The molecule has 3 aromatic carbocycles. The third-order valence-corrected chi connectivity index (χ3v) is 5.82. The Labute approximate surface area is 181 Å². The molecular weight excluding hydrogens is 368 g/mol. The van der Waals surface area contributed by atoms with E-state index in [0.29, 0.717) is 13.2 Å². The quantitative estimate of drug-likeness (QED) is 0.365. The van der Waals surface area contributed by atoms with Gasteiger partial charge in [-0.15, -0.1) is 0 Å². The SMILES string of the molecule is CC=C(C)c1ccc(C(C)(CC)COCc2cccc(Oc3ccccc3)c2)cc1. The molecule has 3 rings (SSSR count). The third kappa shape index (κ3) is 5.61. The molecule has 0 amide bonds. The van der Waals surface area contributed by atoms with Crippen LogP contribution >= 0.6 is 0 Å². The molecule has 156 valence electrons. The minimum atomic E-state index is -0.0134. The van der Waals surface area contributed by atoms with Crippen molar-refractivity contribution in [1.29, 1.82) is 0 Å². The summed E-state index contributed by atoms with van der Waals surface area (Å²) in [6.45, 7) is 9.97. The second-order valence-corrected chi connectivity index (χ2v) is 8.02. The van der Waals surface area contributed by atoms with Gasteiger partial charge in [-0.1, -0.05) is 74.5 Å². The molecule has 0 spiro atoms. The van der Waals surface area contributed by atoms with Gasteiger partial charge >= 0.3 is 0 Å². The summed E-state index contributed by atoms with van der Waals surface area (Å²) < 4.78 is 12.1. The van der Waals surface area contributed by atoms with Crippen LogP contribution in [-0.4, -0.2) is 6.61 Å². The monoisotopic (exact) mass is 400 g/mol. The first-order valence-electron chi connectivity index (χ1n) is 10.7. The lowest BCUT2D eigenvalue weighted by Gasteiger charge is -2.29. The average Bonchev–Trinajstić information content (AvgIpc) is 2.79. The Morgan fingerprint density at radius 1 is 0.900 bits per heavy atom. The van der Waals surface area contributed by atoms with Gasteiger partial charge in [-0.25, -0.2) is 0 Å². The molecule has 0 fully saturated rings. The Balaban J connectivity index is 1.62. The number of hydrogen-bond donors (Lipinski definition) is 0. The molecule has 1 atom stereocenters. The van der Waals surface area contributed by atoms with Gasteiger partial charge in [0.05, 0.1) is 13.2 Å². The van der Waals surface area contributed by atoms with Crippen molar-refractivity contribution in [2.75, 3.05) is 6.61 Å². The van der Waals surface area contributed by atoms with Crippen molar-refractivity contribution in [2.24, 2.45) is 0 Å². The number of ether oxygens (including phenoxy) is 2. The predicted octanol–water partition coefficient (Wildman–Crippen LogP) is 7.79. The summed E-state index contributed by atoms with van der Waals surface area (Å²) in [5, 5.41) is 0. The van der Waals surface area contributed by atoms with Gasteiger partial charge in [-0.2, -0.15) is 0 Å². The van der Waals surface area contributed by atoms with Crippen LogP contribution in [0.1, 0.15) is 50.8 Å². The van der Waals surface area contributed by atoms with Crippen LogP contribution in [0.4, 0.5) is 0 Å². The summed E-state index contributed by atoms with van der Waals surface area (Å²) >= 11 is 0. The molecule has 0 bridgehead atoms. The van der Waals surface area contributed by atoms with Gasteiger partial charge in [0, 0.05) is 5.41 Å². The molecule has 0 saturated carbocycles. The predicted molar refractivity (Wildman–Crippen MR) is 126 cm³/mol. The Bertz CT molecular complexity index is 957. The van der Waals surface area contributed by atoms with Crippen LogP contribution < -0.4 is 4.74 Å². The molecule has 3 aromatic rings. The Hall–Kier alpha value is -2.84. The van der Waals surface area contributed by atoms with E-state index in [2.05, 4.69) is 64.1 Å². The maximum Gasteiger partial charge on any atom is 0.127 e. The van der Waals surface area contributed by atoms with Crippen LogP contribution in [0.5, 0.6) is 11.5 Å². The third-order valence-electron chi connectivity index (χ3n) is 5.82. The molecule has 0 aliphatic rings. The van der Waals surface area contributed by atoms with Crippen molar-refractivity contribution < 1.29 is 9.47 Å². The van der Waals surface area contributed by atoms with Crippen molar-refractivity contribution in [3.8, 4) is 11.5 Å². The molecule has 0 aliphatic heterocycles. The molecule has 0 radical (unpaired) electrons. The highest BCUT2D eigenvalue weighted by Crippen LogP contribution is 2.30. The average molecular weight is 401 g/mol. The number of benzene rings is 3. The molecule has 0 N–H and O–H groups in total. The fraction of sp³-hybridized carbons (Fsp3) is 0.286. The van der Waals surface area contributed by atoms with Crippen LogP contribution in [0.2, 0.25) is 0 Å². The maximum absolute atomic E-state index is 6.17. The van der Waals surface area contributed by atoms with E-state index in [1.54, 1.807) is 0 Å². The Kier molecular flexibility index (Phi) is 7.48. The lowest BCUT2D eigenvalue weighted by atomic mass is 9.80. The van der Waals surface area contributed by atoms with Crippen LogP contribution in [0.3, 0.4) is 0 Å². The molecule has 0 aliphatic carbocycles. The zero-order chi connectivity index (χ0) is 21.4. The topological polar surface area (TPSA) is 18.5 Å². The zero-order valence-corrected chi connectivity index (χ0v) is 18.5. The minimum absolute atomic E-state index is 0.0134. The molecule has 1 unspecified atom stereocenters. The van der Waals surface area contributed by atoms with Crippen LogP contribution in [0.25, 0.3) is 5.57 Å². The van der Waals surface area contributed by atoms with Gasteiger partial charge in [-0.3, -0.25) is 0 Å². The summed E-state index contributed by atoms with van der Waals surface area (Å²) in [5.41, 5.74) is 4.99. The van der Waals surface area contributed by atoms with Crippen LogP contribution in [0, 0.1) is 0 Å². The highest BCUT2D eigenvalue weighted by molar-refractivity contribution is 5.63. The van der Waals surface area contributed by atoms with Gasteiger partial charge in [-0.05, 0) is 66.8 Å². The van der Waals surface area contributed by atoms with Crippen LogP contribution in [0.15, 0.2) is 84.9 Å². The molecule has 0 saturated heterocycles. The van der Waals surface area contributed by atoms with Crippen molar-refractivity contribution >= 4 is 5.57 Å². The van der Waals surface area contributed by atoms with E-state index >= 15 is 0 Å². The molecule has 2 heteroatoms. The van der Waals surface area contributed by atoms with E-state index in [1.807, 2.05) is 48.5 Å². The van der Waals surface area contributed by atoms with Gasteiger partial charge in [0.2, 0.25) is 0 Å². The minimum Gasteiger partial charge on any atom is -0.457 e. The van der Waals surface area contributed by atoms with E-state index in [4.69, 9.17) is 9.47 Å². The lowest BCUT2D eigenvalue weighted by Crippen LogP contribution is -2.27. The van der Waals surface area contributed by atoms with Gasteiger partial charge in [0.15, 0.2) is 0 Å². The normalized spacial score (nSPS) is 13.7. The van der Waals surface area contributed by atoms with Crippen molar-refractivity contribution in [3.05, 3.63) is 102 Å². The van der Waals surface area contributed by atoms with Crippen molar-refractivity contribution in [3.63, 3.8) is 0 Å². The van der Waals surface area contributed by atoms with E-state index in [1.165, 1.54) is 16.7 Å². The summed E-state index contributed by atoms with van der Waals surface area (Å²) in [5.74, 6) is 1.67. The smallest absolute Gasteiger partial charge is 0.127 e. The van der Waals surface area contributed by atoms with Crippen molar-refractivity contribution in [2.45, 2.75) is 46.1 Å². The summed E-state index contributed by atoms with van der Waals surface area (Å²) in [4.78, 5) is 0. The van der Waals surface area contributed by atoms with Crippen molar-refractivity contribution in [1.82, 2.24) is 0 Å². The molecule has 0 heterocycles. The Morgan fingerprint density at radius 2 is 1.60 bits per heavy atom. The number of hydrogen-bond acceptors (Lipinski definition) is 2. The molecular formula is C28H32O2. The van der Waals surface area contributed by atoms with E-state index in [0.717, 1.165) is 23.5 Å². The first-order chi connectivity index (χ1) is 14.5. The summed E-state index contributed by atoms with van der Waals surface area (Å²) in [6, 6.07) is 26.9. The standard InChI is InChI=1S/C28H32O2/c1-5-22(3)24-15-17-25(18-16-24)28(4,6-2)21-29-20-23-11-10-14-27(19-23)30-26-12-8-7-9-13-26/h5,7-19H,6,20-21H2,1-4H3. The molecule has 0 aromatic heterocycles. The summed E-state index contributed by atoms with van der Waals surface area (Å²) in [7, 11) is 0. The van der Waals surface area contributed by atoms with Gasteiger partial charge < -0.3 is 9.47 Å². The highest BCUT2D eigenvalue weighted by atomic mass is 16.5.